The lowest BCUT2D eigenvalue weighted by Crippen LogP contribution is -2.16. The number of nitrogens with zero attached hydrogens (tertiary/aromatic N) is 1. The summed E-state index contributed by atoms with van der Waals surface area (Å²) in [5, 5.41) is -0.0261. The fraction of sp³-hybridized carbons (Fsp3) is 0.364. The highest BCUT2D eigenvalue weighted by Crippen LogP contribution is 2.25. The average Bonchev–Trinajstić information content (AvgIpc) is 2.52. The number of fused-ring (bicyclic) bond motifs is 1. The molecule has 1 N–H and O–H groups in total. The third-order valence-corrected chi connectivity index (χ3v) is 4.42. The Bertz CT molecular complexity index is 795. The molecule has 4 nitrogen and oxygen atoms in total. The SMILES string of the molecule is CC(CS(C)(=O)=O)n1c(=S)[nH]c2cc(F)c(Cl)cc21. The van der Waals surface area contributed by atoms with Crippen molar-refractivity contribution in [1.82, 2.24) is 9.55 Å². The maximum absolute atomic E-state index is 13.4. The number of sulfone groups is 1. The van der Waals surface area contributed by atoms with Crippen molar-refractivity contribution in [2.75, 3.05) is 12.0 Å². The van der Waals surface area contributed by atoms with Gasteiger partial charge in [0, 0.05) is 18.4 Å². The summed E-state index contributed by atoms with van der Waals surface area (Å²) >= 11 is 10.9. The molecule has 0 saturated carbocycles. The van der Waals surface area contributed by atoms with Crippen LogP contribution in [0.3, 0.4) is 0 Å². The van der Waals surface area contributed by atoms with Gasteiger partial charge < -0.3 is 9.55 Å². The summed E-state index contributed by atoms with van der Waals surface area (Å²) in [5.41, 5.74) is 1.08. The molecule has 0 amide bonds. The molecule has 0 aliphatic rings. The van der Waals surface area contributed by atoms with Gasteiger partial charge in [0.15, 0.2) is 4.77 Å². The zero-order valence-corrected chi connectivity index (χ0v) is 12.7. The Morgan fingerprint density at radius 3 is 2.74 bits per heavy atom. The molecule has 0 fully saturated rings. The molecule has 1 aromatic heterocycles. The van der Waals surface area contributed by atoms with Crippen LogP contribution in [0.5, 0.6) is 0 Å². The van der Waals surface area contributed by atoms with Crippen LogP contribution in [0.25, 0.3) is 11.0 Å². The number of hydrogen-bond acceptors (Lipinski definition) is 3. The first-order valence-electron chi connectivity index (χ1n) is 5.46. The molecular formula is C11H12ClFN2O2S2. The van der Waals surface area contributed by atoms with Crippen LogP contribution in [-0.4, -0.2) is 30.0 Å². The molecule has 0 aliphatic heterocycles. The lowest BCUT2D eigenvalue weighted by Gasteiger charge is -2.13. The summed E-state index contributed by atoms with van der Waals surface area (Å²) in [6.07, 6.45) is 1.16. The van der Waals surface area contributed by atoms with Gasteiger partial charge in [0.25, 0.3) is 0 Å². The van der Waals surface area contributed by atoms with Gasteiger partial charge >= 0.3 is 0 Å². The Morgan fingerprint density at radius 1 is 1.53 bits per heavy atom. The first-order chi connectivity index (χ1) is 8.69. The number of hydrogen-bond donors (Lipinski definition) is 1. The molecular weight excluding hydrogens is 311 g/mol. The van der Waals surface area contributed by atoms with E-state index in [2.05, 4.69) is 4.98 Å². The molecule has 8 heteroatoms. The third-order valence-electron chi connectivity index (χ3n) is 2.74. The predicted molar refractivity (Wildman–Crippen MR) is 76.5 cm³/mol. The number of imidazole rings is 1. The van der Waals surface area contributed by atoms with Gasteiger partial charge in [-0.3, -0.25) is 0 Å². The van der Waals surface area contributed by atoms with Crippen molar-refractivity contribution in [2.24, 2.45) is 0 Å². The second kappa shape index (κ2) is 4.88. The summed E-state index contributed by atoms with van der Waals surface area (Å²) in [7, 11) is -3.14. The van der Waals surface area contributed by atoms with Gasteiger partial charge in [-0.15, -0.1) is 0 Å². The largest absolute Gasteiger partial charge is 0.330 e. The highest BCUT2D eigenvalue weighted by atomic mass is 35.5. The quantitative estimate of drug-likeness (QED) is 0.883. The molecule has 19 heavy (non-hydrogen) atoms. The van der Waals surface area contributed by atoms with E-state index in [1.165, 1.54) is 12.1 Å². The van der Waals surface area contributed by atoms with E-state index in [4.69, 9.17) is 23.8 Å². The van der Waals surface area contributed by atoms with Gasteiger partial charge in [-0.2, -0.15) is 0 Å². The normalized spacial score (nSPS) is 13.9. The van der Waals surface area contributed by atoms with Gasteiger partial charge in [-0.1, -0.05) is 11.6 Å². The van der Waals surface area contributed by atoms with Crippen LogP contribution < -0.4 is 0 Å². The molecule has 104 valence electrons. The predicted octanol–water partition coefficient (Wildman–Crippen LogP) is 3.10. The molecule has 1 aromatic carbocycles. The summed E-state index contributed by atoms with van der Waals surface area (Å²) < 4.78 is 38.1. The van der Waals surface area contributed by atoms with Crippen LogP contribution in [0.15, 0.2) is 12.1 Å². The lowest BCUT2D eigenvalue weighted by atomic mass is 10.3. The number of rotatable bonds is 3. The van der Waals surface area contributed by atoms with E-state index in [1.54, 1.807) is 11.5 Å². The summed E-state index contributed by atoms with van der Waals surface area (Å²) in [5.74, 6) is -0.600. The molecule has 0 radical (unpaired) electrons. The van der Waals surface area contributed by atoms with E-state index in [9.17, 15) is 12.8 Å². The van der Waals surface area contributed by atoms with Gasteiger partial charge in [-0.25, -0.2) is 12.8 Å². The second-order valence-corrected chi connectivity index (χ2v) is 7.50. The Labute approximate surface area is 120 Å². The minimum absolute atomic E-state index is 0.0261. The fourth-order valence-corrected chi connectivity index (χ4v) is 3.64. The molecule has 1 unspecified atom stereocenters. The van der Waals surface area contributed by atoms with E-state index in [0.29, 0.717) is 15.8 Å². The molecule has 1 heterocycles. The summed E-state index contributed by atoms with van der Waals surface area (Å²) in [4.78, 5) is 2.85. The molecule has 0 saturated heterocycles. The first kappa shape index (κ1) is 14.5. The molecule has 0 aliphatic carbocycles. The minimum Gasteiger partial charge on any atom is -0.330 e. The Morgan fingerprint density at radius 2 is 2.16 bits per heavy atom. The molecule has 1 atom stereocenters. The fourth-order valence-electron chi connectivity index (χ4n) is 2.07. The molecule has 0 spiro atoms. The number of benzene rings is 1. The van der Waals surface area contributed by atoms with Gasteiger partial charge in [0.1, 0.15) is 15.7 Å². The molecule has 2 aromatic rings. The van der Waals surface area contributed by atoms with Crippen molar-refractivity contribution in [3.05, 3.63) is 27.7 Å². The zero-order chi connectivity index (χ0) is 14.4. The number of aromatic nitrogens is 2. The van der Waals surface area contributed by atoms with Crippen LogP contribution in [0, 0.1) is 10.6 Å². The van der Waals surface area contributed by atoms with Crippen molar-refractivity contribution in [1.29, 1.82) is 0 Å². The van der Waals surface area contributed by atoms with Crippen molar-refractivity contribution < 1.29 is 12.8 Å². The summed E-state index contributed by atoms with van der Waals surface area (Å²) in [6, 6.07) is 2.33. The highest BCUT2D eigenvalue weighted by Gasteiger charge is 2.17. The Balaban J connectivity index is 2.63. The van der Waals surface area contributed by atoms with Crippen molar-refractivity contribution in [3.63, 3.8) is 0 Å². The van der Waals surface area contributed by atoms with Crippen LogP contribution in [0.2, 0.25) is 5.02 Å². The first-order valence-corrected chi connectivity index (χ1v) is 8.30. The maximum Gasteiger partial charge on any atom is 0.178 e. The van der Waals surface area contributed by atoms with Gasteiger partial charge in [0.2, 0.25) is 0 Å². The molecule has 2 rings (SSSR count). The van der Waals surface area contributed by atoms with Crippen LogP contribution in [0.1, 0.15) is 13.0 Å². The maximum atomic E-state index is 13.4. The Hall–Kier alpha value is -0.920. The van der Waals surface area contributed by atoms with Crippen LogP contribution in [-0.2, 0) is 9.84 Å². The van der Waals surface area contributed by atoms with Crippen molar-refractivity contribution in [3.8, 4) is 0 Å². The number of halogens is 2. The second-order valence-electron chi connectivity index (χ2n) is 4.53. The van der Waals surface area contributed by atoms with Crippen molar-refractivity contribution in [2.45, 2.75) is 13.0 Å². The van der Waals surface area contributed by atoms with Crippen LogP contribution >= 0.6 is 23.8 Å². The number of H-pyrrole nitrogens is 1. The highest BCUT2D eigenvalue weighted by molar-refractivity contribution is 7.90. The zero-order valence-electron chi connectivity index (χ0n) is 10.3. The third kappa shape index (κ3) is 2.98. The topological polar surface area (TPSA) is 54.9 Å². The summed E-state index contributed by atoms with van der Waals surface area (Å²) in [6.45, 7) is 1.74. The van der Waals surface area contributed by atoms with E-state index < -0.39 is 15.7 Å². The van der Waals surface area contributed by atoms with E-state index in [-0.39, 0.29) is 16.8 Å². The van der Waals surface area contributed by atoms with E-state index in [1.807, 2.05) is 0 Å². The Kier molecular flexibility index (Phi) is 3.72. The lowest BCUT2D eigenvalue weighted by molar-refractivity contribution is 0.565. The monoisotopic (exact) mass is 322 g/mol. The van der Waals surface area contributed by atoms with Crippen molar-refractivity contribution >= 4 is 44.7 Å². The smallest absolute Gasteiger partial charge is 0.178 e. The minimum atomic E-state index is -3.14. The van der Waals surface area contributed by atoms with E-state index >= 15 is 0 Å². The van der Waals surface area contributed by atoms with E-state index in [0.717, 1.165) is 6.26 Å². The number of aromatic amines is 1. The molecule has 0 bridgehead atoms. The van der Waals surface area contributed by atoms with Gasteiger partial charge in [0.05, 0.1) is 21.8 Å². The standard InChI is InChI=1S/C11H12ClFN2O2S2/c1-6(5-19(2,16)17)15-10-3-7(12)8(13)4-9(10)14-11(15)18/h3-4,6H,5H2,1-2H3,(H,14,18). The van der Waals surface area contributed by atoms with Gasteiger partial charge in [-0.05, 0) is 25.2 Å². The van der Waals surface area contributed by atoms with Crippen LogP contribution in [0.4, 0.5) is 4.39 Å². The number of nitrogens with one attached hydrogen (secondary N) is 1. The average molecular weight is 323 g/mol.